The molecule has 1 aliphatic rings. The second-order valence-corrected chi connectivity index (χ2v) is 4.39. The summed E-state index contributed by atoms with van der Waals surface area (Å²) in [6, 6.07) is 0.427. The van der Waals surface area contributed by atoms with Crippen LogP contribution < -0.4 is 5.32 Å². The first-order chi connectivity index (χ1) is 8.22. The van der Waals surface area contributed by atoms with E-state index < -0.39 is 5.97 Å². The smallest absolute Gasteiger partial charge is 0.303 e. The molecule has 17 heavy (non-hydrogen) atoms. The fourth-order valence-electron chi connectivity index (χ4n) is 2.43. The van der Waals surface area contributed by atoms with Crippen LogP contribution in [0.2, 0.25) is 0 Å². The van der Waals surface area contributed by atoms with Gasteiger partial charge in [-0.25, -0.2) is 0 Å². The summed E-state index contributed by atoms with van der Waals surface area (Å²) in [5.41, 5.74) is 0. The number of aromatic nitrogens is 3. The quantitative estimate of drug-likeness (QED) is 0.811. The molecule has 94 valence electrons. The first kappa shape index (κ1) is 11.9. The zero-order valence-corrected chi connectivity index (χ0v) is 10.0. The largest absolute Gasteiger partial charge is 0.481 e. The first-order valence-corrected chi connectivity index (χ1v) is 6.05. The Balaban J connectivity index is 2.19. The molecule has 1 aliphatic carbocycles. The van der Waals surface area contributed by atoms with Gasteiger partial charge in [0.2, 0.25) is 5.95 Å². The van der Waals surface area contributed by atoms with Gasteiger partial charge in [0.25, 0.3) is 0 Å². The van der Waals surface area contributed by atoms with E-state index in [4.69, 9.17) is 5.11 Å². The third-order valence-electron chi connectivity index (χ3n) is 3.24. The highest BCUT2D eigenvalue weighted by Gasteiger charge is 2.23. The summed E-state index contributed by atoms with van der Waals surface area (Å²) in [5, 5.41) is 19.9. The van der Waals surface area contributed by atoms with Crippen LogP contribution in [0.3, 0.4) is 0 Å². The Kier molecular flexibility index (Phi) is 3.61. The number of hydrogen-bond donors (Lipinski definition) is 2. The van der Waals surface area contributed by atoms with Crippen molar-refractivity contribution in [2.45, 2.75) is 44.6 Å². The maximum atomic E-state index is 10.6. The number of aryl methyl sites for hydroxylation is 1. The van der Waals surface area contributed by atoms with Crippen LogP contribution in [0.4, 0.5) is 5.95 Å². The van der Waals surface area contributed by atoms with Gasteiger partial charge in [-0.05, 0) is 12.8 Å². The summed E-state index contributed by atoms with van der Waals surface area (Å²) in [6.45, 7) is 0. The summed E-state index contributed by atoms with van der Waals surface area (Å²) in [5.74, 6) is 0.734. The minimum absolute atomic E-state index is 0.106. The number of rotatable bonds is 5. The van der Waals surface area contributed by atoms with Crippen LogP contribution in [0, 0.1) is 0 Å². The number of anilines is 1. The fraction of sp³-hybridized carbons (Fsp3) is 0.727. The minimum atomic E-state index is -0.794. The number of nitrogens with zero attached hydrogens (tertiary/aromatic N) is 3. The van der Waals surface area contributed by atoms with E-state index in [9.17, 15) is 4.79 Å². The van der Waals surface area contributed by atoms with Gasteiger partial charge in [0.15, 0.2) is 0 Å². The highest BCUT2D eigenvalue weighted by atomic mass is 16.4. The third kappa shape index (κ3) is 2.57. The topological polar surface area (TPSA) is 80.0 Å². The average Bonchev–Trinajstić information content (AvgIpc) is 2.94. The number of hydrogen-bond acceptors (Lipinski definition) is 4. The van der Waals surface area contributed by atoms with Crippen molar-refractivity contribution in [3.63, 3.8) is 0 Å². The molecule has 0 amide bonds. The molecular weight excluding hydrogens is 220 g/mol. The predicted molar refractivity (Wildman–Crippen MR) is 63.0 cm³/mol. The molecule has 1 heterocycles. The van der Waals surface area contributed by atoms with Gasteiger partial charge in [-0.1, -0.05) is 12.8 Å². The Morgan fingerprint density at radius 1 is 1.47 bits per heavy atom. The van der Waals surface area contributed by atoms with Crippen molar-refractivity contribution in [3.8, 4) is 0 Å². The summed E-state index contributed by atoms with van der Waals surface area (Å²) in [7, 11) is 1.82. The van der Waals surface area contributed by atoms with E-state index in [0.717, 1.165) is 24.6 Å². The van der Waals surface area contributed by atoms with Crippen molar-refractivity contribution in [2.75, 3.05) is 12.4 Å². The molecule has 0 unspecified atom stereocenters. The van der Waals surface area contributed by atoms with Crippen molar-refractivity contribution in [1.82, 2.24) is 14.8 Å². The average molecular weight is 238 g/mol. The lowest BCUT2D eigenvalue weighted by atomic mass is 10.2. The zero-order valence-electron chi connectivity index (χ0n) is 10.0. The minimum Gasteiger partial charge on any atom is -0.481 e. The molecular formula is C11H18N4O2. The van der Waals surface area contributed by atoms with Gasteiger partial charge in [-0.3, -0.25) is 9.36 Å². The molecule has 6 nitrogen and oxygen atoms in total. The van der Waals surface area contributed by atoms with Crippen molar-refractivity contribution in [2.24, 2.45) is 0 Å². The van der Waals surface area contributed by atoms with Gasteiger partial charge < -0.3 is 10.4 Å². The summed E-state index contributed by atoms with van der Waals surface area (Å²) >= 11 is 0. The van der Waals surface area contributed by atoms with Crippen LogP contribution in [0.25, 0.3) is 0 Å². The van der Waals surface area contributed by atoms with Crippen molar-refractivity contribution < 1.29 is 9.90 Å². The van der Waals surface area contributed by atoms with Gasteiger partial charge in [-0.2, -0.15) is 0 Å². The number of carboxylic acids is 1. The SMILES string of the molecule is CNc1nnc(CCC(=O)O)n1C1CCCC1. The molecule has 1 aromatic heterocycles. The van der Waals surface area contributed by atoms with E-state index in [1.165, 1.54) is 12.8 Å². The van der Waals surface area contributed by atoms with E-state index in [1.54, 1.807) is 0 Å². The Labute approximate surface area is 100 Å². The Morgan fingerprint density at radius 3 is 2.76 bits per heavy atom. The molecule has 0 aromatic carbocycles. The molecule has 0 bridgehead atoms. The lowest BCUT2D eigenvalue weighted by Crippen LogP contribution is -2.13. The van der Waals surface area contributed by atoms with E-state index in [2.05, 4.69) is 20.1 Å². The molecule has 2 rings (SSSR count). The Bertz CT molecular complexity index is 396. The van der Waals surface area contributed by atoms with E-state index in [0.29, 0.717) is 12.5 Å². The number of carbonyl (C=O) groups is 1. The predicted octanol–water partition coefficient (Wildman–Crippen LogP) is 1.45. The van der Waals surface area contributed by atoms with Crippen LogP contribution >= 0.6 is 0 Å². The maximum Gasteiger partial charge on any atom is 0.303 e. The number of carboxylic acid groups (broad SMARTS) is 1. The molecule has 0 radical (unpaired) electrons. The van der Waals surface area contributed by atoms with Crippen molar-refractivity contribution >= 4 is 11.9 Å². The lowest BCUT2D eigenvalue weighted by molar-refractivity contribution is -0.137. The summed E-state index contributed by atoms with van der Waals surface area (Å²) in [4.78, 5) is 10.6. The van der Waals surface area contributed by atoms with E-state index in [-0.39, 0.29) is 6.42 Å². The normalized spacial score (nSPS) is 16.3. The van der Waals surface area contributed by atoms with Gasteiger partial charge in [0.1, 0.15) is 5.82 Å². The van der Waals surface area contributed by atoms with Gasteiger partial charge >= 0.3 is 5.97 Å². The maximum absolute atomic E-state index is 10.6. The Morgan fingerprint density at radius 2 is 2.18 bits per heavy atom. The van der Waals surface area contributed by atoms with Crippen LogP contribution in [-0.2, 0) is 11.2 Å². The molecule has 0 atom stereocenters. The van der Waals surface area contributed by atoms with E-state index in [1.807, 2.05) is 7.05 Å². The van der Waals surface area contributed by atoms with Gasteiger partial charge in [0, 0.05) is 19.5 Å². The highest BCUT2D eigenvalue weighted by Crippen LogP contribution is 2.32. The first-order valence-electron chi connectivity index (χ1n) is 6.05. The lowest BCUT2D eigenvalue weighted by Gasteiger charge is -2.16. The molecule has 0 saturated heterocycles. The number of nitrogens with one attached hydrogen (secondary N) is 1. The van der Waals surface area contributed by atoms with Gasteiger partial charge in [-0.15, -0.1) is 10.2 Å². The van der Waals surface area contributed by atoms with Crippen LogP contribution in [0.15, 0.2) is 0 Å². The molecule has 1 saturated carbocycles. The van der Waals surface area contributed by atoms with Crippen LogP contribution in [0.1, 0.15) is 44.0 Å². The molecule has 6 heteroatoms. The van der Waals surface area contributed by atoms with Crippen molar-refractivity contribution in [1.29, 1.82) is 0 Å². The molecule has 1 fully saturated rings. The molecule has 1 aromatic rings. The van der Waals surface area contributed by atoms with Crippen LogP contribution in [0.5, 0.6) is 0 Å². The van der Waals surface area contributed by atoms with Gasteiger partial charge in [0.05, 0.1) is 6.42 Å². The highest BCUT2D eigenvalue weighted by molar-refractivity contribution is 5.66. The second-order valence-electron chi connectivity index (χ2n) is 4.39. The molecule has 0 spiro atoms. The zero-order chi connectivity index (χ0) is 12.3. The summed E-state index contributed by atoms with van der Waals surface area (Å²) < 4.78 is 2.08. The van der Waals surface area contributed by atoms with Crippen molar-refractivity contribution in [3.05, 3.63) is 5.82 Å². The Hall–Kier alpha value is -1.59. The molecule has 2 N–H and O–H groups in total. The second kappa shape index (κ2) is 5.16. The molecule has 0 aliphatic heterocycles. The fourth-order valence-corrected chi connectivity index (χ4v) is 2.43. The standard InChI is InChI=1S/C11H18N4O2/c1-12-11-14-13-9(6-7-10(16)17)15(11)8-4-2-3-5-8/h8H,2-7H2,1H3,(H,12,14)(H,16,17). The third-order valence-corrected chi connectivity index (χ3v) is 3.24. The van der Waals surface area contributed by atoms with E-state index >= 15 is 0 Å². The summed E-state index contributed by atoms with van der Waals surface area (Å²) in [6.07, 6.45) is 5.27. The van der Waals surface area contributed by atoms with Crippen LogP contribution in [-0.4, -0.2) is 32.9 Å². The number of aliphatic carboxylic acids is 1. The monoisotopic (exact) mass is 238 g/mol.